The van der Waals surface area contributed by atoms with Crippen LogP contribution in [0.25, 0.3) is 10.9 Å². The minimum Gasteiger partial charge on any atom is -0.478 e. The second-order valence-corrected chi connectivity index (χ2v) is 6.33. The van der Waals surface area contributed by atoms with Crippen molar-refractivity contribution in [3.63, 3.8) is 0 Å². The Morgan fingerprint density at radius 2 is 2.00 bits per heavy atom. The number of aromatic nitrogens is 1. The maximum absolute atomic E-state index is 6.09. The highest BCUT2D eigenvalue weighted by molar-refractivity contribution is 6.30. The van der Waals surface area contributed by atoms with E-state index >= 15 is 0 Å². The Bertz CT molecular complexity index is 864. The van der Waals surface area contributed by atoms with Gasteiger partial charge in [0.2, 0.25) is 0 Å². The fourth-order valence-electron chi connectivity index (χ4n) is 3.21. The third-order valence-electron chi connectivity index (χ3n) is 4.24. The van der Waals surface area contributed by atoms with Gasteiger partial charge in [-0.3, -0.25) is 4.90 Å². The molecule has 116 valence electrons. The number of benzene rings is 2. The molecule has 0 bridgehead atoms. The van der Waals surface area contributed by atoms with Gasteiger partial charge in [-0.15, -0.1) is 0 Å². The van der Waals surface area contributed by atoms with Crippen molar-refractivity contribution >= 4 is 22.5 Å². The number of ether oxygens (including phenoxy) is 1. The molecule has 0 spiro atoms. The zero-order chi connectivity index (χ0) is 15.8. The molecule has 0 fully saturated rings. The van der Waals surface area contributed by atoms with Gasteiger partial charge >= 0.3 is 0 Å². The number of hydrogen-bond acceptors (Lipinski definition) is 3. The quantitative estimate of drug-likeness (QED) is 0.647. The third kappa shape index (κ3) is 2.78. The lowest BCUT2D eigenvalue weighted by Crippen LogP contribution is -2.31. The SMILES string of the molecule is Cc1cc(Cl)nc2ccc3c(c12)CN(Cc1ccccc1)CO3. The van der Waals surface area contributed by atoms with Crippen LogP contribution in [-0.4, -0.2) is 16.6 Å². The Kier molecular flexibility index (Phi) is 3.68. The second kappa shape index (κ2) is 5.84. The molecule has 3 nitrogen and oxygen atoms in total. The molecule has 3 aromatic rings. The third-order valence-corrected chi connectivity index (χ3v) is 4.43. The molecule has 0 radical (unpaired) electrons. The van der Waals surface area contributed by atoms with Crippen LogP contribution in [0.4, 0.5) is 0 Å². The van der Waals surface area contributed by atoms with E-state index in [1.165, 1.54) is 11.1 Å². The fourth-order valence-corrected chi connectivity index (χ4v) is 3.47. The minimum absolute atomic E-state index is 0.535. The number of hydrogen-bond donors (Lipinski definition) is 0. The number of rotatable bonds is 2. The molecule has 2 aromatic carbocycles. The van der Waals surface area contributed by atoms with Gasteiger partial charge in [0.05, 0.1) is 5.52 Å². The maximum atomic E-state index is 6.09. The molecule has 1 aliphatic rings. The van der Waals surface area contributed by atoms with Crippen LogP contribution in [-0.2, 0) is 13.1 Å². The summed E-state index contributed by atoms with van der Waals surface area (Å²) in [6.07, 6.45) is 0. The van der Waals surface area contributed by atoms with Gasteiger partial charge in [0.1, 0.15) is 17.6 Å². The Morgan fingerprint density at radius 3 is 2.83 bits per heavy atom. The van der Waals surface area contributed by atoms with Crippen molar-refractivity contribution in [2.45, 2.75) is 20.0 Å². The molecule has 2 heterocycles. The Balaban J connectivity index is 1.71. The molecule has 4 rings (SSSR count). The molecule has 1 aromatic heterocycles. The first kappa shape index (κ1) is 14.5. The molecule has 0 aliphatic carbocycles. The van der Waals surface area contributed by atoms with Gasteiger partial charge in [0.15, 0.2) is 0 Å². The van der Waals surface area contributed by atoms with Gasteiger partial charge in [0.25, 0.3) is 0 Å². The van der Waals surface area contributed by atoms with Crippen molar-refractivity contribution in [3.05, 3.63) is 70.4 Å². The van der Waals surface area contributed by atoms with Crippen molar-refractivity contribution in [1.29, 1.82) is 0 Å². The summed E-state index contributed by atoms with van der Waals surface area (Å²) >= 11 is 6.09. The Labute approximate surface area is 140 Å². The summed E-state index contributed by atoms with van der Waals surface area (Å²) < 4.78 is 5.97. The Morgan fingerprint density at radius 1 is 1.17 bits per heavy atom. The first-order valence-electron chi connectivity index (χ1n) is 7.68. The van der Waals surface area contributed by atoms with Crippen molar-refractivity contribution in [2.75, 3.05) is 6.73 Å². The van der Waals surface area contributed by atoms with Crippen LogP contribution in [0.15, 0.2) is 48.5 Å². The van der Waals surface area contributed by atoms with E-state index in [4.69, 9.17) is 16.3 Å². The summed E-state index contributed by atoms with van der Waals surface area (Å²) in [6, 6.07) is 16.4. The first-order chi connectivity index (χ1) is 11.2. The average molecular weight is 325 g/mol. The van der Waals surface area contributed by atoms with Crippen LogP contribution in [0.1, 0.15) is 16.7 Å². The molecule has 0 atom stereocenters. The minimum atomic E-state index is 0.535. The normalized spacial score (nSPS) is 14.5. The van der Waals surface area contributed by atoms with Crippen molar-refractivity contribution < 1.29 is 4.74 Å². The molecule has 0 saturated carbocycles. The summed E-state index contributed by atoms with van der Waals surface area (Å²) in [4.78, 5) is 6.74. The van der Waals surface area contributed by atoms with Gasteiger partial charge < -0.3 is 4.74 Å². The smallest absolute Gasteiger partial charge is 0.142 e. The molecule has 4 heteroatoms. The number of fused-ring (bicyclic) bond motifs is 3. The predicted molar refractivity (Wildman–Crippen MR) is 92.7 cm³/mol. The molecule has 0 amide bonds. The topological polar surface area (TPSA) is 25.4 Å². The van der Waals surface area contributed by atoms with Gasteiger partial charge in [-0.05, 0) is 36.2 Å². The molecule has 0 saturated heterocycles. The standard InChI is InChI=1S/C19H17ClN2O/c1-13-9-18(20)21-16-7-8-17-15(19(13)16)11-22(12-23-17)10-14-5-3-2-4-6-14/h2-9H,10-12H2,1H3. The number of pyridine rings is 1. The summed E-state index contributed by atoms with van der Waals surface area (Å²) in [5.41, 5.74) is 4.56. The van der Waals surface area contributed by atoms with Crippen molar-refractivity contribution in [2.24, 2.45) is 0 Å². The zero-order valence-corrected chi connectivity index (χ0v) is 13.7. The summed E-state index contributed by atoms with van der Waals surface area (Å²) in [5, 5.41) is 1.69. The molecular formula is C19H17ClN2O. The van der Waals surface area contributed by atoms with Crippen molar-refractivity contribution in [1.82, 2.24) is 9.88 Å². The number of aryl methyl sites for hydroxylation is 1. The van der Waals surface area contributed by atoms with Crippen LogP contribution < -0.4 is 4.74 Å². The van der Waals surface area contributed by atoms with Crippen LogP contribution in [0.5, 0.6) is 5.75 Å². The highest BCUT2D eigenvalue weighted by Crippen LogP contribution is 2.34. The van der Waals surface area contributed by atoms with E-state index < -0.39 is 0 Å². The highest BCUT2D eigenvalue weighted by Gasteiger charge is 2.21. The van der Waals surface area contributed by atoms with Gasteiger partial charge in [0, 0.05) is 24.0 Å². The molecule has 1 aliphatic heterocycles. The second-order valence-electron chi connectivity index (χ2n) is 5.94. The lowest BCUT2D eigenvalue weighted by molar-refractivity contribution is 0.0896. The lowest BCUT2D eigenvalue weighted by atomic mass is 10.0. The van der Waals surface area contributed by atoms with Crippen LogP contribution in [0, 0.1) is 6.92 Å². The number of halogens is 1. The van der Waals surface area contributed by atoms with Crippen LogP contribution in [0.3, 0.4) is 0 Å². The largest absolute Gasteiger partial charge is 0.478 e. The number of nitrogens with zero attached hydrogens (tertiary/aromatic N) is 2. The summed E-state index contributed by atoms with van der Waals surface area (Å²) in [7, 11) is 0. The van der Waals surface area contributed by atoms with Crippen molar-refractivity contribution in [3.8, 4) is 5.75 Å². The van der Waals surface area contributed by atoms with E-state index in [1.54, 1.807) is 0 Å². The molecule has 0 unspecified atom stereocenters. The monoisotopic (exact) mass is 324 g/mol. The van der Waals surface area contributed by atoms with E-state index in [2.05, 4.69) is 41.1 Å². The lowest BCUT2D eigenvalue weighted by Gasteiger charge is -2.30. The van der Waals surface area contributed by atoms with Crippen LogP contribution >= 0.6 is 11.6 Å². The Hall–Kier alpha value is -2.10. The summed E-state index contributed by atoms with van der Waals surface area (Å²) in [6.45, 7) is 4.40. The van der Waals surface area contributed by atoms with E-state index in [0.29, 0.717) is 11.9 Å². The van der Waals surface area contributed by atoms with Gasteiger partial charge in [-0.2, -0.15) is 0 Å². The van der Waals surface area contributed by atoms with Gasteiger partial charge in [-0.1, -0.05) is 41.9 Å². The van der Waals surface area contributed by atoms with E-state index in [-0.39, 0.29) is 0 Å². The predicted octanol–water partition coefficient (Wildman–Crippen LogP) is 4.55. The highest BCUT2D eigenvalue weighted by atomic mass is 35.5. The summed E-state index contributed by atoms with van der Waals surface area (Å²) in [5.74, 6) is 0.953. The zero-order valence-electron chi connectivity index (χ0n) is 12.9. The fraction of sp³-hybridized carbons (Fsp3) is 0.211. The van der Waals surface area contributed by atoms with Crippen LogP contribution in [0.2, 0.25) is 5.15 Å². The molecule has 23 heavy (non-hydrogen) atoms. The maximum Gasteiger partial charge on any atom is 0.142 e. The first-order valence-corrected chi connectivity index (χ1v) is 8.06. The molecular weight excluding hydrogens is 308 g/mol. The van der Waals surface area contributed by atoms with E-state index in [9.17, 15) is 0 Å². The average Bonchev–Trinajstić information content (AvgIpc) is 2.55. The van der Waals surface area contributed by atoms with E-state index in [1.807, 2.05) is 24.3 Å². The van der Waals surface area contributed by atoms with Gasteiger partial charge in [-0.25, -0.2) is 4.98 Å². The molecule has 0 N–H and O–H groups in total. The van der Waals surface area contributed by atoms with E-state index in [0.717, 1.165) is 35.3 Å².